The second-order valence-electron chi connectivity index (χ2n) is 6.38. The predicted octanol–water partition coefficient (Wildman–Crippen LogP) is 2.71. The number of hydrogen-bond donors (Lipinski definition) is 1. The summed E-state index contributed by atoms with van der Waals surface area (Å²) in [5.41, 5.74) is 1.70. The van der Waals surface area contributed by atoms with Crippen LogP contribution in [0, 0.1) is 0 Å². The molecule has 1 atom stereocenters. The summed E-state index contributed by atoms with van der Waals surface area (Å²) in [5.74, 6) is -1.76. The van der Waals surface area contributed by atoms with Crippen LogP contribution in [0.25, 0.3) is 0 Å². The maximum atomic E-state index is 12.5. The van der Waals surface area contributed by atoms with Crippen LogP contribution in [0.3, 0.4) is 0 Å². The number of carboxylic acids is 1. The molecule has 5 nitrogen and oxygen atoms in total. The zero-order valence-electron chi connectivity index (χ0n) is 14.0. The van der Waals surface area contributed by atoms with Gasteiger partial charge in [-0.2, -0.15) is 0 Å². The number of nitrogens with zero attached hydrogens (tertiary/aromatic N) is 2. The van der Waals surface area contributed by atoms with E-state index in [9.17, 15) is 14.7 Å². The third-order valence-corrected chi connectivity index (χ3v) is 4.45. The van der Waals surface area contributed by atoms with Gasteiger partial charge >= 0.3 is 5.97 Å². The third kappa shape index (κ3) is 4.71. The van der Waals surface area contributed by atoms with Crippen LogP contribution >= 0.6 is 0 Å². The third-order valence-electron chi connectivity index (χ3n) is 4.45. The Balaban J connectivity index is 2.08. The molecule has 1 aliphatic heterocycles. The van der Waals surface area contributed by atoms with Gasteiger partial charge in [0.1, 0.15) is 0 Å². The molecule has 23 heavy (non-hydrogen) atoms. The molecule has 0 saturated carbocycles. The van der Waals surface area contributed by atoms with E-state index >= 15 is 0 Å². The molecule has 0 aromatic heterocycles. The molecule has 1 heterocycles. The van der Waals surface area contributed by atoms with Crippen molar-refractivity contribution in [3.8, 4) is 0 Å². The van der Waals surface area contributed by atoms with Gasteiger partial charge in [0, 0.05) is 39.3 Å². The van der Waals surface area contributed by atoms with Gasteiger partial charge in [0.15, 0.2) is 0 Å². The van der Waals surface area contributed by atoms with E-state index in [0.717, 1.165) is 44.5 Å². The second-order valence-corrected chi connectivity index (χ2v) is 6.38. The van der Waals surface area contributed by atoms with Crippen molar-refractivity contribution in [1.82, 2.24) is 4.90 Å². The zero-order valence-corrected chi connectivity index (χ0v) is 14.0. The van der Waals surface area contributed by atoms with E-state index < -0.39 is 11.9 Å². The van der Waals surface area contributed by atoms with Crippen LogP contribution < -0.4 is 4.90 Å². The molecule has 1 aromatic rings. The molecule has 5 heteroatoms. The Kier molecular flexibility index (Phi) is 6.02. The summed E-state index contributed by atoms with van der Waals surface area (Å²) >= 11 is 0. The minimum atomic E-state index is -0.939. The fourth-order valence-electron chi connectivity index (χ4n) is 2.98. The Labute approximate surface area is 137 Å². The van der Waals surface area contributed by atoms with Gasteiger partial charge < -0.3 is 14.9 Å². The predicted molar refractivity (Wildman–Crippen MR) is 90.8 cm³/mol. The van der Waals surface area contributed by atoms with Gasteiger partial charge in [-0.15, -0.1) is 0 Å². The quantitative estimate of drug-likeness (QED) is 0.907. The molecule has 1 fully saturated rings. The molecule has 0 spiro atoms. The van der Waals surface area contributed by atoms with Crippen LogP contribution in [-0.2, 0) is 9.59 Å². The summed E-state index contributed by atoms with van der Waals surface area (Å²) in [5, 5.41) is 9.53. The van der Waals surface area contributed by atoms with Crippen LogP contribution in [0.5, 0.6) is 0 Å². The van der Waals surface area contributed by atoms with Crippen molar-refractivity contribution in [3.05, 3.63) is 29.8 Å². The number of carbonyl (C=O) groups is 2. The first-order valence-corrected chi connectivity index (χ1v) is 8.27. The molecule has 1 aliphatic rings. The van der Waals surface area contributed by atoms with E-state index in [0.29, 0.717) is 5.56 Å². The molecule has 0 aliphatic carbocycles. The highest BCUT2D eigenvalue weighted by Crippen LogP contribution is 2.24. The Morgan fingerprint density at radius 3 is 2.13 bits per heavy atom. The highest BCUT2D eigenvalue weighted by atomic mass is 16.4. The smallest absolute Gasteiger partial charge is 0.311 e. The molecule has 1 unspecified atom stereocenters. The number of aliphatic carboxylic acids is 1. The average molecular weight is 318 g/mol. The Hall–Kier alpha value is -2.04. The van der Waals surface area contributed by atoms with Crippen LogP contribution in [0.15, 0.2) is 24.3 Å². The zero-order chi connectivity index (χ0) is 16.8. The number of likely N-dealkylation sites (tertiary alicyclic amines) is 1. The van der Waals surface area contributed by atoms with Crippen molar-refractivity contribution < 1.29 is 14.7 Å². The number of carbonyl (C=O) groups excluding carboxylic acids is 1. The first kappa shape index (κ1) is 17.3. The number of rotatable bonds is 5. The lowest BCUT2D eigenvalue weighted by molar-refractivity contribution is -0.142. The largest absolute Gasteiger partial charge is 0.481 e. The van der Waals surface area contributed by atoms with Crippen molar-refractivity contribution >= 4 is 17.6 Å². The van der Waals surface area contributed by atoms with Gasteiger partial charge in [-0.3, -0.25) is 9.59 Å². The van der Waals surface area contributed by atoms with Crippen LogP contribution in [0.4, 0.5) is 5.69 Å². The number of amides is 1. The van der Waals surface area contributed by atoms with Gasteiger partial charge in [-0.1, -0.05) is 25.0 Å². The molecule has 0 radical (unpaired) electrons. The molecule has 1 saturated heterocycles. The van der Waals surface area contributed by atoms with Gasteiger partial charge in [0.25, 0.3) is 0 Å². The molecule has 1 amide bonds. The summed E-state index contributed by atoms with van der Waals surface area (Å²) in [6.07, 6.45) is 4.37. The molecule has 1 N–H and O–H groups in total. The number of hydrogen-bond acceptors (Lipinski definition) is 3. The monoisotopic (exact) mass is 318 g/mol. The average Bonchev–Trinajstić information content (AvgIpc) is 2.81. The molecule has 0 bridgehead atoms. The number of carboxylic acid groups (broad SMARTS) is 1. The second kappa shape index (κ2) is 7.99. The molecular formula is C18H26N2O3. The maximum Gasteiger partial charge on any atom is 0.311 e. The lowest BCUT2D eigenvalue weighted by atomic mass is 9.95. The first-order valence-electron chi connectivity index (χ1n) is 8.27. The summed E-state index contributed by atoms with van der Waals surface area (Å²) in [7, 11) is 3.87. The Morgan fingerprint density at radius 1 is 1.09 bits per heavy atom. The van der Waals surface area contributed by atoms with E-state index in [1.54, 1.807) is 0 Å². The Morgan fingerprint density at radius 2 is 1.65 bits per heavy atom. The molecule has 1 aromatic carbocycles. The fourth-order valence-corrected chi connectivity index (χ4v) is 2.98. The lowest BCUT2D eigenvalue weighted by Crippen LogP contribution is -2.33. The highest BCUT2D eigenvalue weighted by Gasteiger charge is 2.26. The van der Waals surface area contributed by atoms with Crippen molar-refractivity contribution in [2.24, 2.45) is 0 Å². The number of benzene rings is 1. The van der Waals surface area contributed by atoms with E-state index in [1.807, 2.05) is 48.2 Å². The normalized spacial score (nSPS) is 16.5. The van der Waals surface area contributed by atoms with Crippen LogP contribution in [0.1, 0.15) is 43.6 Å². The fraction of sp³-hybridized carbons (Fsp3) is 0.556. The van der Waals surface area contributed by atoms with Crippen LogP contribution in [-0.4, -0.2) is 49.1 Å². The van der Waals surface area contributed by atoms with E-state index in [2.05, 4.69) is 0 Å². The standard InChI is InChI=1S/C18H26N2O3/c1-19(2)15-9-7-14(8-10-15)16(18(22)23)13-17(21)20-11-5-3-4-6-12-20/h7-10,16H,3-6,11-13H2,1-2H3,(H,22,23). The molecular weight excluding hydrogens is 292 g/mol. The summed E-state index contributed by atoms with van der Waals surface area (Å²) in [6.45, 7) is 1.51. The minimum Gasteiger partial charge on any atom is -0.481 e. The number of anilines is 1. The van der Waals surface area contributed by atoms with E-state index in [1.165, 1.54) is 0 Å². The first-order chi connectivity index (χ1) is 11.0. The van der Waals surface area contributed by atoms with Crippen molar-refractivity contribution in [2.45, 2.75) is 38.0 Å². The van der Waals surface area contributed by atoms with E-state index in [-0.39, 0.29) is 12.3 Å². The lowest BCUT2D eigenvalue weighted by Gasteiger charge is -2.22. The topological polar surface area (TPSA) is 60.9 Å². The SMILES string of the molecule is CN(C)c1ccc(C(CC(=O)N2CCCCCC2)C(=O)O)cc1. The Bertz CT molecular complexity index is 532. The van der Waals surface area contributed by atoms with Crippen molar-refractivity contribution in [2.75, 3.05) is 32.1 Å². The minimum absolute atomic E-state index is 0.0383. The van der Waals surface area contributed by atoms with Crippen molar-refractivity contribution in [3.63, 3.8) is 0 Å². The van der Waals surface area contributed by atoms with Gasteiger partial charge in [-0.25, -0.2) is 0 Å². The summed E-state index contributed by atoms with van der Waals surface area (Å²) in [6, 6.07) is 7.40. The molecule has 2 rings (SSSR count). The van der Waals surface area contributed by atoms with E-state index in [4.69, 9.17) is 0 Å². The molecule has 126 valence electrons. The highest BCUT2D eigenvalue weighted by molar-refractivity contribution is 5.85. The van der Waals surface area contributed by atoms with Gasteiger partial charge in [0.05, 0.1) is 5.92 Å². The summed E-state index contributed by atoms with van der Waals surface area (Å²) < 4.78 is 0. The van der Waals surface area contributed by atoms with Crippen molar-refractivity contribution in [1.29, 1.82) is 0 Å². The van der Waals surface area contributed by atoms with Gasteiger partial charge in [0.2, 0.25) is 5.91 Å². The van der Waals surface area contributed by atoms with Crippen LogP contribution in [0.2, 0.25) is 0 Å². The maximum absolute atomic E-state index is 12.5. The van der Waals surface area contributed by atoms with Gasteiger partial charge in [-0.05, 0) is 30.5 Å². The summed E-state index contributed by atoms with van der Waals surface area (Å²) in [4.78, 5) is 27.9.